The van der Waals surface area contributed by atoms with E-state index in [1.165, 1.54) is 11.3 Å². The highest BCUT2D eigenvalue weighted by Gasteiger charge is 2.19. The van der Waals surface area contributed by atoms with Crippen molar-refractivity contribution >= 4 is 28.8 Å². The molecule has 0 spiro atoms. The topological polar surface area (TPSA) is 61.3 Å². The molecule has 0 aliphatic carbocycles. The first-order valence-electron chi connectivity index (χ1n) is 5.83. The van der Waals surface area contributed by atoms with Crippen molar-refractivity contribution < 1.29 is 9.26 Å². The maximum absolute atomic E-state index is 6.03. The minimum absolute atomic E-state index is 0.342. The van der Waals surface area contributed by atoms with Crippen LogP contribution in [0.15, 0.2) is 40.2 Å². The fourth-order valence-electron chi connectivity index (χ4n) is 1.94. The molecule has 0 aliphatic rings. The van der Waals surface area contributed by atoms with Gasteiger partial charge in [-0.05, 0) is 17.7 Å². The van der Waals surface area contributed by atoms with Crippen LogP contribution in [0.25, 0.3) is 21.8 Å². The molecule has 0 bridgehead atoms. The zero-order valence-electron chi connectivity index (χ0n) is 10.6. The van der Waals surface area contributed by atoms with Gasteiger partial charge in [-0.25, -0.2) is 0 Å². The number of aromatic nitrogens is 1. The Hall–Kier alpha value is -1.98. The van der Waals surface area contributed by atoms with Crippen molar-refractivity contribution in [3.05, 3.63) is 40.7 Å². The number of nitrogens with two attached hydrogens (primary N) is 1. The van der Waals surface area contributed by atoms with Crippen molar-refractivity contribution in [2.75, 3.05) is 12.8 Å². The van der Waals surface area contributed by atoms with Crippen LogP contribution in [0.4, 0.5) is 5.82 Å². The lowest BCUT2D eigenvalue weighted by molar-refractivity contribution is 0.416. The fourth-order valence-corrected chi connectivity index (χ4v) is 2.97. The summed E-state index contributed by atoms with van der Waals surface area (Å²) in [6.45, 7) is 0. The Bertz CT molecular complexity index is 751. The first-order valence-corrected chi connectivity index (χ1v) is 7.09. The van der Waals surface area contributed by atoms with E-state index in [2.05, 4.69) is 5.16 Å². The Kier molecular flexibility index (Phi) is 3.38. The van der Waals surface area contributed by atoms with Crippen LogP contribution in [0.1, 0.15) is 0 Å². The van der Waals surface area contributed by atoms with Gasteiger partial charge in [-0.2, -0.15) is 0 Å². The third-order valence-corrected chi connectivity index (χ3v) is 4.01. The molecule has 0 saturated heterocycles. The van der Waals surface area contributed by atoms with Gasteiger partial charge in [-0.15, -0.1) is 11.3 Å². The van der Waals surface area contributed by atoms with Gasteiger partial charge in [0.15, 0.2) is 11.6 Å². The number of thiophene rings is 1. The number of ether oxygens (including phenoxy) is 1. The molecule has 20 heavy (non-hydrogen) atoms. The molecule has 0 aliphatic heterocycles. The maximum atomic E-state index is 6.03. The normalized spacial score (nSPS) is 10.7. The second-order valence-electron chi connectivity index (χ2n) is 4.13. The van der Waals surface area contributed by atoms with Crippen LogP contribution in [-0.2, 0) is 0 Å². The number of hydrogen-bond donors (Lipinski definition) is 1. The highest BCUT2D eigenvalue weighted by molar-refractivity contribution is 7.13. The summed E-state index contributed by atoms with van der Waals surface area (Å²) in [4.78, 5) is 0.904. The Balaban J connectivity index is 2.14. The number of nitrogens with zero attached hydrogens (tertiary/aromatic N) is 1. The third-order valence-electron chi connectivity index (χ3n) is 2.87. The van der Waals surface area contributed by atoms with Crippen LogP contribution in [0.3, 0.4) is 0 Å². The fraction of sp³-hybridized carbons (Fsp3) is 0.0714. The van der Waals surface area contributed by atoms with Gasteiger partial charge in [0.05, 0.1) is 17.6 Å². The smallest absolute Gasteiger partial charge is 0.186 e. The van der Waals surface area contributed by atoms with E-state index in [1.807, 2.05) is 35.7 Å². The van der Waals surface area contributed by atoms with Gasteiger partial charge >= 0.3 is 0 Å². The van der Waals surface area contributed by atoms with Crippen LogP contribution >= 0.6 is 22.9 Å². The summed E-state index contributed by atoms with van der Waals surface area (Å²) in [5, 5.41) is 6.40. The minimum Gasteiger partial charge on any atom is -0.496 e. The summed E-state index contributed by atoms with van der Waals surface area (Å²) in [7, 11) is 1.62. The summed E-state index contributed by atoms with van der Waals surface area (Å²) < 4.78 is 10.6. The molecule has 4 nitrogen and oxygen atoms in total. The average molecular weight is 307 g/mol. The van der Waals surface area contributed by atoms with E-state index in [0.29, 0.717) is 16.6 Å². The van der Waals surface area contributed by atoms with Crippen LogP contribution in [-0.4, -0.2) is 12.3 Å². The van der Waals surface area contributed by atoms with Gasteiger partial charge in [-0.3, -0.25) is 0 Å². The lowest BCUT2D eigenvalue weighted by Crippen LogP contribution is -1.88. The van der Waals surface area contributed by atoms with E-state index < -0.39 is 0 Å². The third kappa shape index (κ3) is 2.26. The van der Waals surface area contributed by atoms with E-state index in [1.54, 1.807) is 7.11 Å². The van der Waals surface area contributed by atoms with Gasteiger partial charge in [0.1, 0.15) is 5.75 Å². The Morgan fingerprint density at radius 1 is 1.35 bits per heavy atom. The number of hydrogen-bond acceptors (Lipinski definition) is 5. The van der Waals surface area contributed by atoms with Gasteiger partial charge in [-0.1, -0.05) is 28.9 Å². The molecule has 0 atom stereocenters. The molecular formula is C14H11ClN2O2S. The monoisotopic (exact) mass is 306 g/mol. The Morgan fingerprint density at radius 3 is 2.90 bits per heavy atom. The highest BCUT2D eigenvalue weighted by atomic mass is 35.5. The SMILES string of the molecule is COc1csc(-c2onc(N)c2-c2cccc(Cl)c2)c1. The molecule has 2 N–H and O–H groups in total. The van der Waals surface area contributed by atoms with Gasteiger partial charge < -0.3 is 15.0 Å². The zero-order valence-corrected chi connectivity index (χ0v) is 12.2. The predicted octanol–water partition coefficient (Wildman–Crippen LogP) is 4.31. The standard InChI is InChI=1S/C14H11ClN2O2S/c1-18-10-6-11(20-7-10)13-12(14(16)17-19-13)8-3-2-4-9(15)5-8/h2-7H,1H3,(H2,16,17). The highest BCUT2D eigenvalue weighted by Crippen LogP contribution is 2.41. The molecule has 3 rings (SSSR count). The van der Waals surface area contributed by atoms with E-state index in [0.717, 1.165) is 21.8 Å². The lowest BCUT2D eigenvalue weighted by Gasteiger charge is -2.01. The molecular weight excluding hydrogens is 296 g/mol. The molecule has 102 valence electrons. The summed E-state index contributed by atoms with van der Waals surface area (Å²) >= 11 is 7.54. The number of methoxy groups -OCH3 is 1. The zero-order chi connectivity index (χ0) is 14.1. The largest absolute Gasteiger partial charge is 0.496 e. The number of benzene rings is 1. The number of rotatable bonds is 3. The maximum Gasteiger partial charge on any atom is 0.186 e. The van der Waals surface area contributed by atoms with Crippen molar-refractivity contribution in [2.45, 2.75) is 0 Å². The van der Waals surface area contributed by atoms with Crippen LogP contribution in [0.5, 0.6) is 5.75 Å². The predicted molar refractivity (Wildman–Crippen MR) is 81.2 cm³/mol. The molecule has 0 saturated carbocycles. The molecule has 0 radical (unpaired) electrons. The van der Waals surface area contributed by atoms with Gasteiger partial charge in [0.2, 0.25) is 0 Å². The molecule has 3 aromatic rings. The second kappa shape index (κ2) is 5.19. The van der Waals surface area contributed by atoms with Crippen LogP contribution in [0, 0.1) is 0 Å². The van der Waals surface area contributed by atoms with E-state index in [9.17, 15) is 0 Å². The van der Waals surface area contributed by atoms with Crippen molar-refractivity contribution in [1.29, 1.82) is 0 Å². The van der Waals surface area contributed by atoms with Crippen LogP contribution in [0.2, 0.25) is 5.02 Å². The minimum atomic E-state index is 0.342. The summed E-state index contributed by atoms with van der Waals surface area (Å²) in [6.07, 6.45) is 0. The summed E-state index contributed by atoms with van der Waals surface area (Å²) in [6, 6.07) is 9.31. The number of halogens is 1. The Morgan fingerprint density at radius 2 is 2.20 bits per heavy atom. The molecule has 0 amide bonds. The average Bonchev–Trinajstić information content (AvgIpc) is 3.04. The number of nitrogen functional groups attached to an aromatic ring is 1. The van der Waals surface area contributed by atoms with Gasteiger partial charge in [0.25, 0.3) is 0 Å². The van der Waals surface area contributed by atoms with Crippen LogP contribution < -0.4 is 10.5 Å². The number of anilines is 1. The molecule has 2 heterocycles. The van der Waals surface area contributed by atoms with Crippen molar-refractivity contribution in [3.63, 3.8) is 0 Å². The van der Waals surface area contributed by atoms with Crippen molar-refractivity contribution in [3.8, 4) is 27.5 Å². The first-order chi connectivity index (χ1) is 9.69. The first kappa shape index (κ1) is 13.0. The van der Waals surface area contributed by atoms with E-state index in [4.69, 9.17) is 26.6 Å². The van der Waals surface area contributed by atoms with Crippen molar-refractivity contribution in [2.24, 2.45) is 0 Å². The second-order valence-corrected chi connectivity index (χ2v) is 5.48. The molecule has 0 fully saturated rings. The van der Waals surface area contributed by atoms with Gasteiger partial charge in [0, 0.05) is 16.5 Å². The summed E-state index contributed by atoms with van der Waals surface area (Å²) in [5.41, 5.74) is 7.55. The molecule has 6 heteroatoms. The molecule has 0 unspecified atom stereocenters. The van der Waals surface area contributed by atoms with E-state index in [-0.39, 0.29) is 0 Å². The summed E-state index contributed by atoms with van der Waals surface area (Å²) in [5.74, 6) is 1.74. The quantitative estimate of drug-likeness (QED) is 0.783. The van der Waals surface area contributed by atoms with Crippen molar-refractivity contribution in [1.82, 2.24) is 5.16 Å². The lowest BCUT2D eigenvalue weighted by atomic mass is 10.1. The Labute approximate surface area is 124 Å². The molecule has 2 aromatic heterocycles. The molecule has 1 aromatic carbocycles. The van der Waals surface area contributed by atoms with E-state index >= 15 is 0 Å².